The first-order valence-corrected chi connectivity index (χ1v) is 15.3. The second kappa shape index (κ2) is 9.94. The Morgan fingerprint density at radius 2 is 1.34 bits per heavy atom. The Bertz CT molecular complexity index is 1490. The number of nitro groups is 1. The zero-order valence-corrected chi connectivity index (χ0v) is 22.0. The molecule has 5 nitrogen and oxygen atoms in total. The van der Waals surface area contributed by atoms with Gasteiger partial charge in [-0.25, -0.2) is 0 Å². The van der Waals surface area contributed by atoms with Crippen LogP contribution in [0.3, 0.4) is 0 Å². The SMILES string of the molecule is NC1=CC=CC(P(Cl)(c2ccccc2)(c2ccccc2)c2ccccc2)/C1=C/c1cc([N+](=O)[O-])ccc1O. The summed E-state index contributed by atoms with van der Waals surface area (Å²) in [5.41, 5.74) is 7.51. The van der Waals surface area contributed by atoms with Gasteiger partial charge in [-0.05, 0) is 0 Å². The number of phenols is 1. The van der Waals surface area contributed by atoms with E-state index in [1.54, 1.807) is 12.2 Å². The number of nitro benzene ring substituents is 1. The fourth-order valence-corrected chi connectivity index (χ4v) is 12.1. The second-order valence-corrected chi connectivity index (χ2v) is 15.5. The van der Waals surface area contributed by atoms with Crippen LogP contribution in [-0.4, -0.2) is 15.7 Å². The molecule has 0 fully saturated rings. The first kappa shape index (κ1) is 25.5. The predicted molar refractivity (Wildman–Crippen MR) is 159 cm³/mol. The number of allylic oxidation sites excluding steroid dienone is 4. The van der Waals surface area contributed by atoms with Crippen LogP contribution in [0.25, 0.3) is 6.08 Å². The van der Waals surface area contributed by atoms with Crippen molar-refractivity contribution in [3.05, 3.63) is 154 Å². The zero-order valence-electron chi connectivity index (χ0n) is 20.4. The molecule has 1 aliphatic carbocycles. The molecule has 0 aromatic heterocycles. The van der Waals surface area contributed by atoms with E-state index in [1.807, 2.05) is 60.7 Å². The average molecular weight is 541 g/mol. The Hall–Kier alpha value is -4.18. The summed E-state index contributed by atoms with van der Waals surface area (Å²) in [7, 11) is 0. The predicted octanol–water partition coefficient (Wildman–Crippen LogP) is 6.15. The van der Waals surface area contributed by atoms with Gasteiger partial charge in [0.05, 0.1) is 0 Å². The summed E-state index contributed by atoms with van der Waals surface area (Å²) in [6.45, 7) is 0. The molecule has 190 valence electrons. The van der Waals surface area contributed by atoms with Gasteiger partial charge in [0, 0.05) is 0 Å². The van der Waals surface area contributed by atoms with Crippen LogP contribution >= 0.6 is 17.2 Å². The van der Waals surface area contributed by atoms with Crippen molar-refractivity contribution in [3.8, 4) is 5.75 Å². The standard InChI is InChI=1S/C31H26ClN2O3P/c32-38(25-11-4-1-5-12-25,26-13-6-2-7-14-26,27-15-8-3-9-16-27)31-18-10-17-29(33)28(31)22-23-21-24(34(36)37)19-20-30(23)35/h1-22,31,35H,33H2/b28-22+. The van der Waals surface area contributed by atoms with Gasteiger partial charge in [0.15, 0.2) is 0 Å². The van der Waals surface area contributed by atoms with E-state index in [1.165, 1.54) is 18.2 Å². The second-order valence-electron chi connectivity index (χ2n) is 9.13. The van der Waals surface area contributed by atoms with E-state index >= 15 is 0 Å². The van der Waals surface area contributed by atoms with Gasteiger partial charge in [0.25, 0.3) is 0 Å². The summed E-state index contributed by atoms with van der Waals surface area (Å²) in [4.78, 5) is 11.0. The van der Waals surface area contributed by atoms with Crippen LogP contribution in [0.2, 0.25) is 0 Å². The number of hydrogen-bond donors (Lipinski definition) is 2. The third-order valence-corrected chi connectivity index (χ3v) is 14.9. The molecule has 0 aliphatic heterocycles. The number of benzene rings is 4. The third-order valence-electron chi connectivity index (χ3n) is 7.06. The number of rotatable bonds is 6. The Labute approximate surface area is 226 Å². The molecule has 5 rings (SSSR count). The summed E-state index contributed by atoms with van der Waals surface area (Å²) in [5.74, 6) is -3.97. The molecule has 4 aromatic carbocycles. The van der Waals surface area contributed by atoms with Crippen molar-refractivity contribution in [1.29, 1.82) is 0 Å². The average Bonchev–Trinajstić information content (AvgIpc) is 2.96. The molecule has 0 bridgehead atoms. The van der Waals surface area contributed by atoms with Crippen molar-refractivity contribution < 1.29 is 10.0 Å². The number of phenolic OH excluding ortho intramolecular Hbond substituents is 1. The minimum atomic E-state index is -3.89. The van der Waals surface area contributed by atoms with Crippen LogP contribution in [0.5, 0.6) is 5.75 Å². The molecule has 0 saturated carbocycles. The van der Waals surface area contributed by atoms with Crippen molar-refractivity contribution in [2.45, 2.75) is 5.66 Å². The van der Waals surface area contributed by atoms with Gasteiger partial charge in [-0.3, -0.25) is 0 Å². The van der Waals surface area contributed by atoms with E-state index in [-0.39, 0.29) is 11.4 Å². The summed E-state index contributed by atoms with van der Waals surface area (Å²) in [6, 6.07) is 34.0. The Balaban J connectivity index is 1.90. The quantitative estimate of drug-likeness (QED) is 0.174. The molecule has 1 atom stereocenters. The van der Waals surface area contributed by atoms with Gasteiger partial charge in [0.1, 0.15) is 0 Å². The molecule has 38 heavy (non-hydrogen) atoms. The van der Waals surface area contributed by atoms with Gasteiger partial charge < -0.3 is 0 Å². The number of halogens is 1. The number of nitrogens with zero attached hydrogens (tertiary/aromatic N) is 1. The fourth-order valence-electron chi connectivity index (χ4n) is 5.25. The fraction of sp³-hybridized carbons (Fsp3) is 0.0323. The number of aromatic hydroxyl groups is 1. The monoisotopic (exact) mass is 540 g/mol. The molecular formula is C31H26ClN2O3P. The first-order valence-electron chi connectivity index (χ1n) is 12.1. The summed E-state index contributed by atoms with van der Waals surface area (Å²) < 4.78 is 0. The molecule has 0 spiro atoms. The van der Waals surface area contributed by atoms with Crippen LogP contribution in [0.4, 0.5) is 5.69 Å². The van der Waals surface area contributed by atoms with Gasteiger partial charge in [-0.2, -0.15) is 0 Å². The molecule has 7 heteroatoms. The van der Waals surface area contributed by atoms with Crippen LogP contribution in [-0.2, 0) is 0 Å². The molecule has 0 saturated heterocycles. The first-order chi connectivity index (χ1) is 18.3. The number of hydrogen-bond acceptors (Lipinski definition) is 4. The maximum atomic E-state index is 11.5. The molecule has 4 aromatic rings. The van der Waals surface area contributed by atoms with E-state index in [2.05, 4.69) is 42.5 Å². The summed E-state index contributed by atoms with van der Waals surface area (Å²) in [6.07, 6.45) is 7.47. The third kappa shape index (κ3) is 4.01. The van der Waals surface area contributed by atoms with Crippen molar-refractivity contribution >= 4 is 44.9 Å². The Morgan fingerprint density at radius 1 is 0.842 bits per heavy atom. The van der Waals surface area contributed by atoms with E-state index in [0.717, 1.165) is 15.9 Å². The van der Waals surface area contributed by atoms with Crippen LogP contribution in [0.15, 0.2) is 139 Å². The van der Waals surface area contributed by atoms with Crippen LogP contribution < -0.4 is 21.6 Å². The summed E-state index contributed by atoms with van der Waals surface area (Å²) >= 11 is 8.39. The molecule has 1 aliphatic rings. The Morgan fingerprint density at radius 3 is 1.82 bits per heavy atom. The molecular weight excluding hydrogens is 515 g/mol. The van der Waals surface area contributed by atoms with E-state index in [4.69, 9.17) is 17.0 Å². The maximum absolute atomic E-state index is 11.5. The van der Waals surface area contributed by atoms with Gasteiger partial charge in [-0.1, -0.05) is 0 Å². The zero-order chi connectivity index (χ0) is 26.8. The van der Waals surface area contributed by atoms with Gasteiger partial charge in [-0.15, -0.1) is 0 Å². The Kier molecular flexibility index (Phi) is 6.66. The van der Waals surface area contributed by atoms with Crippen molar-refractivity contribution in [1.82, 2.24) is 0 Å². The van der Waals surface area contributed by atoms with E-state index in [9.17, 15) is 15.2 Å². The minimum absolute atomic E-state index is 0.0850. The molecule has 3 N–H and O–H groups in total. The number of nitrogens with two attached hydrogens (primary N) is 1. The van der Waals surface area contributed by atoms with Gasteiger partial charge in [0.2, 0.25) is 0 Å². The summed E-state index contributed by atoms with van der Waals surface area (Å²) in [5, 5.41) is 25.0. The van der Waals surface area contributed by atoms with Crippen LogP contribution in [0, 0.1) is 10.1 Å². The van der Waals surface area contributed by atoms with E-state index < -0.39 is 16.5 Å². The van der Waals surface area contributed by atoms with Crippen molar-refractivity contribution in [2.75, 3.05) is 0 Å². The van der Waals surface area contributed by atoms with Crippen LogP contribution in [0.1, 0.15) is 5.56 Å². The molecule has 0 amide bonds. The normalized spacial score (nSPS) is 17.4. The molecule has 0 heterocycles. The molecule has 0 radical (unpaired) electrons. The van der Waals surface area contributed by atoms with Gasteiger partial charge >= 0.3 is 226 Å². The molecule has 1 unspecified atom stereocenters. The van der Waals surface area contributed by atoms with E-state index in [0.29, 0.717) is 16.8 Å². The topological polar surface area (TPSA) is 89.4 Å². The van der Waals surface area contributed by atoms with Crippen molar-refractivity contribution in [2.24, 2.45) is 5.73 Å². The number of non-ortho nitro benzene ring substituents is 1. The van der Waals surface area contributed by atoms with Crippen molar-refractivity contribution in [3.63, 3.8) is 0 Å².